The lowest BCUT2D eigenvalue weighted by Gasteiger charge is -2.21. The van der Waals surface area contributed by atoms with Crippen molar-refractivity contribution in [3.05, 3.63) is 63.9 Å². The van der Waals surface area contributed by atoms with Crippen LogP contribution in [-0.2, 0) is 6.54 Å². The van der Waals surface area contributed by atoms with Crippen LogP contribution < -0.4 is 0 Å². The molecule has 2 aromatic rings. The van der Waals surface area contributed by atoms with E-state index in [9.17, 15) is 4.79 Å². The van der Waals surface area contributed by atoms with Crippen LogP contribution in [0, 0.1) is 6.92 Å². The number of amides is 1. The highest BCUT2D eigenvalue weighted by Crippen LogP contribution is 2.14. The first-order valence-electron chi connectivity index (χ1n) is 6.58. The zero-order valence-electron chi connectivity index (χ0n) is 11.6. The molecule has 0 bridgehead atoms. The van der Waals surface area contributed by atoms with E-state index < -0.39 is 0 Å². The molecule has 0 fully saturated rings. The molecule has 0 unspecified atom stereocenters. The van der Waals surface area contributed by atoms with E-state index in [4.69, 9.17) is 0 Å². The highest BCUT2D eigenvalue weighted by atomic mass is 79.9. The quantitative estimate of drug-likeness (QED) is 0.797. The maximum atomic E-state index is 12.5. The number of hydrogen-bond acceptors (Lipinski definition) is 2. The lowest BCUT2D eigenvalue weighted by Crippen LogP contribution is -2.31. The smallest absolute Gasteiger partial charge is 0.272 e. The molecule has 1 aromatic heterocycles. The zero-order chi connectivity index (χ0) is 14.5. The van der Waals surface area contributed by atoms with Crippen molar-refractivity contribution >= 4 is 21.8 Å². The van der Waals surface area contributed by atoms with Gasteiger partial charge in [-0.05, 0) is 53.0 Å². The average molecular weight is 333 g/mol. The number of halogens is 1. The molecule has 1 heterocycles. The van der Waals surface area contributed by atoms with Gasteiger partial charge in [0.05, 0.1) is 0 Å². The lowest BCUT2D eigenvalue weighted by atomic mass is 10.1. The minimum atomic E-state index is -0.0444. The number of aryl methyl sites for hydroxylation is 1. The van der Waals surface area contributed by atoms with E-state index in [2.05, 4.69) is 40.0 Å². The van der Waals surface area contributed by atoms with Crippen LogP contribution in [0.25, 0.3) is 0 Å². The summed E-state index contributed by atoms with van der Waals surface area (Å²) in [6, 6.07) is 13.5. The van der Waals surface area contributed by atoms with E-state index in [0.717, 1.165) is 5.56 Å². The standard InChI is InChI=1S/C16H17BrN2O/c1-3-19(11-13-8-5-4-7-12(13)2)16(20)14-9-6-10-15(17)18-14/h4-10H,3,11H2,1-2H3. The summed E-state index contributed by atoms with van der Waals surface area (Å²) >= 11 is 3.30. The summed E-state index contributed by atoms with van der Waals surface area (Å²) in [6.07, 6.45) is 0. The van der Waals surface area contributed by atoms with Gasteiger partial charge in [0.2, 0.25) is 0 Å². The summed E-state index contributed by atoms with van der Waals surface area (Å²) in [5.41, 5.74) is 2.83. The summed E-state index contributed by atoms with van der Waals surface area (Å²) in [5, 5.41) is 0. The van der Waals surface area contributed by atoms with Gasteiger partial charge in [0.1, 0.15) is 10.3 Å². The molecule has 2 rings (SSSR count). The summed E-state index contributed by atoms with van der Waals surface area (Å²) in [4.78, 5) is 18.5. The largest absolute Gasteiger partial charge is 0.333 e. The van der Waals surface area contributed by atoms with Gasteiger partial charge >= 0.3 is 0 Å². The van der Waals surface area contributed by atoms with Gasteiger partial charge in [0.25, 0.3) is 5.91 Å². The van der Waals surface area contributed by atoms with Crippen molar-refractivity contribution in [1.29, 1.82) is 0 Å². The predicted octanol–water partition coefficient (Wildman–Crippen LogP) is 3.81. The van der Waals surface area contributed by atoms with Crippen LogP contribution in [0.5, 0.6) is 0 Å². The molecule has 1 amide bonds. The summed E-state index contributed by atoms with van der Waals surface area (Å²) in [7, 11) is 0. The number of carbonyl (C=O) groups excluding carboxylic acids is 1. The molecule has 0 spiro atoms. The van der Waals surface area contributed by atoms with E-state index in [-0.39, 0.29) is 5.91 Å². The molecular formula is C16H17BrN2O. The van der Waals surface area contributed by atoms with Gasteiger partial charge in [-0.2, -0.15) is 0 Å². The molecule has 3 nitrogen and oxygen atoms in total. The number of hydrogen-bond donors (Lipinski definition) is 0. The zero-order valence-corrected chi connectivity index (χ0v) is 13.2. The molecule has 0 saturated carbocycles. The number of pyridine rings is 1. The SMILES string of the molecule is CCN(Cc1ccccc1C)C(=O)c1cccc(Br)n1. The second-order valence-electron chi connectivity index (χ2n) is 4.59. The van der Waals surface area contributed by atoms with Crippen molar-refractivity contribution < 1.29 is 4.79 Å². The summed E-state index contributed by atoms with van der Waals surface area (Å²) < 4.78 is 0.676. The number of carbonyl (C=O) groups is 1. The Hall–Kier alpha value is -1.68. The van der Waals surface area contributed by atoms with E-state index in [1.54, 1.807) is 11.0 Å². The van der Waals surface area contributed by atoms with Crippen molar-refractivity contribution in [3.63, 3.8) is 0 Å². The fourth-order valence-corrected chi connectivity index (χ4v) is 2.35. The topological polar surface area (TPSA) is 33.2 Å². The monoisotopic (exact) mass is 332 g/mol. The molecule has 104 valence electrons. The first-order valence-corrected chi connectivity index (χ1v) is 7.37. The molecular weight excluding hydrogens is 316 g/mol. The van der Waals surface area contributed by atoms with E-state index >= 15 is 0 Å². The normalized spacial score (nSPS) is 10.3. The van der Waals surface area contributed by atoms with Crippen molar-refractivity contribution in [1.82, 2.24) is 9.88 Å². The molecule has 0 aliphatic heterocycles. The molecule has 1 aromatic carbocycles. The van der Waals surface area contributed by atoms with Gasteiger partial charge in [-0.1, -0.05) is 30.3 Å². The fourth-order valence-electron chi connectivity index (χ4n) is 2.01. The Bertz CT molecular complexity index is 613. The second-order valence-corrected chi connectivity index (χ2v) is 5.40. The molecule has 20 heavy (non-hydrogen) atoms. The van der Waals surface area contributed by atoms with Crippen LogP contribution in [0.4, 0.5) is 0 Å². The van der Waals surface area contributed by atoms with Crippen molar-refractivity contribution in [2.24, 2.45) is 0 Å². The first-order chi connectivity index (χ1) is 9.61. The van der Waals surface area contributed by atoms with Crippen molar-refractivity contribution in [3.8, 4) is 0 Å². The highest BCUT2D eigenvalue weighted by Gasteiger charge is 2.16. The van der Waals surface area contributed by atoms with Gasteiger partial charge in [0.15, 0.2) is 0 Å². The summed E-state index contributed by atoms with van der Waals surface area (Å²) in [6.45, 7) is 5.30. The predicted molar refractivity (Wildman–Crippen MR) is 83.5 cm³/mol. The number of benzene rings is 1. The molecule has 0 N–H and O–H groups in total. The number of rotatable bonds is 4. The van der Waals surface area contributed by atoms with Crippen molar-refractivity contribution in [2.45, 2.75) is 20.4 Å². The minimum Gasteiger partial charge on any atom is -0.333 e. The van der Waals surface area contributed by atoms with Gasteiger partial charge in [-0.3, -0.25) is 4.79 Å². The summed E-state index contributed by atoms with van der Waals surface area (Å²) in [5.74, 6) is -0.0444. The Labute approximate surface area is 127 Å². The van der Waals surface area contributed by atoms with Crippen LogP contribution in [-0.4, -0.2) is 22.3 Å². The van der Waals surface area contributed by atoms with Gasteiger partial charge in [0, 0.05) is 13.1 Å². The average Bonchev–Trinajstić information content (AvgIpc) is 2.46. The van der Waals surface area contributed by atoms with Crippen LogP contribution in [0.3, 0.4) is 0 Å². The molecule has 4 heteroatoms. The Balaban J connectivity index is 2.20. The van der Waals surface area contributed by atoms with Gasteiger partial charge in [-0.15, -0.1) is 0 Å². The number of aromatic nitrogens is 1. The first kappa shape index (κ1) is 14.7. The molecule has 0 radical (unpaired) electrons. The van der Waals surface area contributed by atoms with Gasteiger partial charge in [-0.25, -0.2) is 4.98 Å². The van der Waals surface area contributed by atoms with Crippen LogP contribution in [0.2, 0.25) is 0 Å². The highest BCUT2D eigenvalue weighted by molar-refractivity contribution is 9.10. The number of nitrogens with zero attached hydrogens (tertiary/aromatic N) is 2. The minimum absolute atomic E-state index is 0.0444. The maximum absolute atomic E-state index is 12.5. The molecule has 0 aliphatic rings. The van der Waals surface area contributed by atoms with Crippen LogP contribution in [0.1, 0.15) is 28.5 Å². The van der Waals surface area contributed by atoms with Crippen LogP contribution in [0.15, 0.2) is 47.1 Å². The molecule has 0 saturated heterocycles. The second kappa shape index (κ2) is 6.66. The van der Waals surface area contributed by atoms with E-state index in [0.29, 0.717) is 23.4 Å². The Kier molecular flexibility index (Phi) is 4.90. The maximum Gasteiger partial charge on any atom is 0.272 e. The third-order valence-electron chi connectivity index (χ3n) is 3.23. The third kappa shape index (κ3) is 3.45. The molecule has 0 atom stereocenters. The Morgan fingerprint density at radius 1 is 1.20 bits per heavy atom. The van der Waals surface area contributed by atoms with Crippen molar-refractivity contribution in [2.75, 3.05) is 6.54 Å². The Morgan fingerprint density at radius 2 is 1.95 bits per heavy atom. The lowest BCUT2D eigenvalue weighted by molar-refractivity contribution is 0.0746. The Morgan fingerprint density at radius 3 is 2.60 bits per heavy atom. The molecule has 0 aliphatic carbocycles. The van der Waals surface area contributed by atoms with Gasteiger partial charge < -0.3 is 4.90 Å². The third-order valence-corrected chi connectivity index (χ3v) is 3.67. The fraction of sp³-hybridized carbons (Fsp3) is 0.250. The van der Waals surface area contributed by atoms with E-state index in [1.807, 2.05) is 31.2 Å². The van der Waals surface area contributed by atoms with E-state index in [1.165, 1.54) is 5.56 Å². The van der Waals surface area contributed by atoms with Crippen LogP contribution >= 0.6 is 15.9 Å².